The smallest absolute Gasteiger partial charge is 0.135 e. The van der Waals surface area contributed by atoms with E-state index in [0.29, 0.717) is 17.1 Å². The fraction of sp³-hybridized carbons (Fsp3) is 0.429. The first kappa shape index (κ1) is 8.26. The molecule has 4 heteroatoms. The number of aliphatic hydroxyl groups is 3. The number of hydrogen-bond donors (Lipinski definition) is 3. The van der Waals surface area contributed by atoms with Crippen LogP contribution in [0, 0.1) is 0 Å². The molecule has 0 saturated carbocycles. The van der Waals surface area contributed by atoms with Crippen molar-refractivity contribution >= 4 is 0 Å². The summed E-state index contributed by atoms with van der Waals surface area (Å²) >= 11 is 0. The molecular formula is C7H10O4. The van der Waals surface area contributed by atoms with Crippen LogP contribution >= 0.6 is 0 Å². The minimum absolute atomic E-state index is 0.181. The molecule has 0 fully saturated rings. The molecule has 0 aromatic carbocycles. The lowest BCUT2D eigenvalue weighted by molar-refractivity contribution is 0.210. The van der Waals surface area contributed by atoms with Gasteiger partial charge in [0.15, 0.2) is 0 Å². The fourth-order valence-corrected chi connectivity index (χ4v) is 0.874. The number of aliphatic hydroxyl groups excluding tert-OH is 3. The third-order valence-electron chi connectivity index (χ3n) is 1.42. The molecule has 1 aromatic heterocycles. The molecule has 1 aromatic rings. The Morgan fingerprint density at radius 2 is 1.82 bits per heavy atom. The summed E-state index contributed by atoms with van der Waals surface area (Å²) in [4.78, 5) is 0. The maximum absolute atomic E-state index is 8.71. The second-order valence-electron chi connectivity index (χ2n) is 2.14. The lowest BCUT2D eigenvalue weighted by Crippen LogP contribution is -1.86. The Morgan fingerprint density at radius 1 is 1.09 bits per heavy atom. The molecule has 0 bridgehead atoms. The van der Waals surface area contributed by atoms with Gasteiger partial charge in [0, 0.05) is 5.56 Å². The summed E-state index contributed by atoms with van der Waals surface area (Å²) in [5.41, 5.74) is 0.525. The van der Waals surface area contributed by atoms with Crippen molar-refractivity contribution in [1.29, 1.82) is 0 Å². The second kappa shape index (κ2) is 3.52. The van der Waals surface area contributed by atoms with Crippen molar-refractivity contribution in [2.45, 2.75) is 19.8 Å². The number of hydrogen-bond acceptors (Lipinski definition) is 4. The van der Waals surface area contributed by atoms with E-state index in [1.165, 1.54) is 6.07 Å². The predicted octanol–water partition coefficient (Wildman–Crippen LogP) is -0.243. The summed E-state index contributed by atoms with van der Waals surface area (Å²) in [5.74, 6) is 0.676. The molecule has 1 heterocycles. The summed E-state index contributed by atoms with van der Waals surface area (Å²) in [5, 5.41) is 26.0. The molecule has 0 unspecified atom stereocenters. The zero-order chi connectivity index (χ0) is 8.27. The average Bonchev–Trinajstić information content (AvgIpc) is 2.46. The van der Waals surface area contributed by atoms with Crippen LogP contribution in [0.3, 0.4) is 0 Å². The van der Waals surface area contributed by atoms with Crippen molar-refractivity contribution in [2.24, 2.45) is 0 Å². The second-order valence-corrected chi connectivity index (χ2v) is 2.14. The van der Waals surface area contributed by atoms with Gasteiger partial charge < -0.3 is 19.7 Å². The first-order chi connectivity index (χ1) is 5.31. The SMILES string of the molecule is OCc1cc(CO)c(CO)o1. The molecule has 0 radical (unpaired) electrons. The highest BCUT2D eigenvalue weighted by Crippen LogP contribution is 2.15. The Morgan fingerprint density at radius 3 is 2.18 bits per heavy atom. The Balaban J connectivity index is 2.92. The van der Waals surface area contributed by atoms with E-state index in [0.717, 1.165) is 0 Å². The third-order valence-corrected chi connectivity index (χ3v) is 1.42. The van der Waals surface area contributed by atoms with Crippen molar-refractivity contribution in [3.8, 4) is 0 Å². The van der Waals surface area contributed by atoms with Gasteiger partial charge in [0.05, 0.1) is 6.61 Å². The first-order valence-electron chi connectivity index (χ1n) is 3.24. The van der Waals surface area contributed by atoms with E-state index in [-0.39, 0.29) is 19.8 Å². The standard InChI is InChI=1S/C7H10O4/c8-2-5-1-6(3-9)11-7(5)4-10/h1,8-10H,2-4H2. The van der Waals surface area contributed by atoms with E-state index in [9.17, 15) is 0 Å². The van der Waals surface area contributed by atoms with Crippen LogP contribution in [0.4, 0.5) is 0 Å². The largest absolute Gasteiger partial charge is 0.461 e. The van der Waals surface area contributed by atoms with Gasteiger partial charge in [0.2, 0.25) is 0 Å². The van der Waals surface area contributed by atoms with Crippen LogP contribution in [0.15, 0.2) is 10.5 Å². The predicted molar refractivity (Wildman–Crippen MR) is 36.5 cm³/mol. The van der Waals surface area contributed by atoms with Crippen molar-refractivity contribution in [2.75, 3.05) is 0 Å². The molecule has 62 valence electrons. The van der Waals surface area contributed by atoms with Gasteiger partial charge in [0.1, 0.15) is 24.7 Å². The summed E-state index contributed by atoms with van der Waals surface area (Å²) in [6, 6.07) is 1.52. The van der Waals surface area contributed by atoms with Gasteiger partial charge in [-0.05, 0) is 6.07 Å². The van der Waals surface area contributed by atoms with Gasteiger partial charge in [-0.25, -0.2) is 0 Å². The van der Waals surface area contributed by atoms with Crippen molar-refractivity contribution in [3.05, 3.63) is 23.2 Å². The van der Waals surface area contributed by atoms with Gasteiger partial charge in [-0.2, -0.15) is 0 Å². The Bertz CT molecular complexity index is 207. The summed E-state index contributed by atoms with van der Waals surface area (Å²) < 4.78 is 4.94. The quantitative estimate of drug-likeness (QED) is 0.567. The van der Waals surface area contributed by atoms with Crippen molar-refractivity contribution in [1.82, 2.24) is 0 Å². The molecule has 0 aliphatic carbocycles. The molecule has 4 nitrogen and oxygen atoms in total. The molecule has 0 aliphatic rings. The molecule has 0 aliphatic heterocycles. The molecule has 11 heavy (non-hydrogen) atoms. The normalized spacial score (nSPS) is 10.5. The maximum atomic E-state index is 8.71. The summed E-state index contributed by atoms with van der Waals surface area (Å²) in [6.07, 6.45) is 0. The van der Waals surface area contributed by atoms with Gasteiger partial charge in [-0.1, -0.05) is 0 Å². The minimum Gasteiger partial charge on any atom is -0.461 e. The van der Waals surface area contributed by atoms with Crippen molar-refractivity contribution < 1.29 is 19.7 Å². The average molecular weight is 158 g/mol. The van der Waals surface area contributed by atoms with Gasteiger partial charge >= 0.3 is 0 Å². The van der Waals surface area contributed by atoms with Gasteiger partial charge in [0.25, 0.3) is 0 Å². The topological polar surface area (TPSA) is 73.8 Å². The van der Waals surface area contributed by atoms with Crippen LogP contribution < -0.4 is 0 Å². The highest BCUT2D eigenvalue weighted by Gasteiger charge is 2.07. The number of furan rings is 1. The van der Waals surface area contributed by atoms with E-state index in [1.807, 2.05) is 0 Å². The number of rotatable bonds is 3. The van der Waals surface area contributed by atoms with E-state index in [4.69, 9.17) is 19.7 Å². The Hall–Kier alpha value is -0.840. The lowest BCUT2D eigenvalue weighted by Gasteiger charge is -1.91. The Kier molecular flexibility index (Phi) is 2.64. The molecule has 1 rings (SSSR count). The molecule has 0 amide bonds. The summed E-state index contributed by atoms with van der Waals surface area (Å²) in [6.45, 7) is -0.651. The molecule has 3 N–H and O–H groups in total. The van der Waals surface area contributed by atoms with E-state index in [2.05, 4.69) is 0 Å². The van der Waals surface area contributed by atoms with Crippen LogP contribution in [0.2, 0.25) is 0 Å². The zero-order valence-corrected chi connectivity index (χ0v) is 5.95. The van der Waals surface area contributed by atoms with Crippen LogP contribution in [0.25, 0.3) is 0 Å². The van der Waals surface area contributed by atoms with E-state index < -0.39 is 0 Å². The van der Waals surface area contributed by atoms with Gasteiger partial charge in [-0.3, -0.25) is 0 Å². The molecule has 0 spiro atoms. The van der Waals surface area contributed by atoms with E-state index >= 15 is 0 Å². The van der Waals surface area contributed by atoms with Crippen LogP contribution in [0.5, 0.6) is 0 Å². The van der Waals surface area contributed by atoms with Crippen molar-refractivity contribution in [3.63, 3.8) is 0 Å². The van der Waals surface area contributed by atoms with E-state index in [1.54, 1.807) is 0 Å². The summed E-state index contributed by atoms with van der Waals surface area (Å²) in [7, 11) is 0. The fourth-order valence-electron chi connectivity index (χ4n) is 0.874. The monoisotopic (exact) mass is 158 g/mol. The lowest BCUT2D eigenvalue weighted by atomic mass is 10.2. The zero-order valence-electron chi connectivity index (χ0n) is 5.95. The molecule has 0 atom stereocenters. The third kappa shape index (κ3) is 1.59. The van der Waals surface area contributed by atoms with Gasteiger partial charge in [-0.15, -0.1) is 0 Å². The highest BCUT2D eigenvalue weighted by molar-refractivity contribution is 5.19. The maximum Gasteiger partial charge on any atom is 0.135 e. The Labute approximate surface area is 63.7 Å². The van der Waals surface area contributed by atoms with Crippen LogP contribution in [-0.2, 0) is 19.8 Å². The minimum atomic E-state index is -0.254. The highest BCUT2D eigenvalue weighted by atomic mass is 16.4. The first-order valence-corrected chi connectivity index (χ1v) is 3.24. The molecular weight excluding hydrogens is 148 g/mol. The van der Waals surface area contributed by atoms with Crippen LogP contribution in [-0.4, -0.2) is 15.3 Å². The van der Waals surface area contributed by atoms with Crippen LogP contribution in [0.1, 0.15) is 17.1 Å². The molecule has 0 saturated heterocycles.